The first-order valence-corrected chi connectivity index (χ1v) is 10.9. The summed E-state index contributed by atoms with van der Waals surface area (Å²) >= 11 is 7.83. The number of amides is 1. The van der Waals surface area contributed by atoms with Gasteiger partial charge in [0.1, 0.15) is 12.4 Å². The normalized spacial score (nSPS) is 20.0. The Morgan fingerprint density at radius 2 is 2.00 bits per heavy atom. The molecule has 3 heterocycles. The van der Waals surface area contributed by atoms with E-state index in [1.54, 1.807) is 11.3 Å². The number of carbonyl (C=O) groups is 1. The summed E-state index contributed by atoms with van der Waals surface area (Å²) in [7, 11) is 0. The molecule has 28 heavy (non-hydrogen) atoms. The van der Waals surface area contributed by atoms with Gasteiger partial charge in [0.15, 0.2) is 0 Å². The van der Waals surface area contributed by atoms with Gasteiger partial charge < -0.3 is 9.64 Å². The molecule has 1 amide bonds. The average Bonchev–Trinajstić information content (AvgIpc) is 3.16. The maximum Gasteiger partial charge on any atom is 0.229 e. The van der Waals surface area contributed by atoms with Crippen LogP contribution < -0.4 is 4.74 Å². The van der Waals surface area contributed by atoms with E-state index in [0.29, 0.717) is 12.5 Å². The summed E-state index contributed by atoms with van der Waals surface area (Å²) in [5.41, 5.74) is 2.11. The fraction of sp³-hybridized carbons (Fsp3) is 0.364. The summed E-state index contributed by atoms with van der Waals surface area (Å²) in [6.45, 7) is 2.06. The van der Waals surface area contributed by atoms with E-state index in [4.69, 9.17) is 21.3 Å². The van der Waals surface area contributed by atoms with Crippen LogP contribution in [0.3, 0.4) is 0 Å². The molecule has 0 N–H and O–H groups in total. The van der Waals surface area contributed by atoms with E-state index in [1.165, 1.54) is 9.71 Å². The number of aromatic nitrogens is 1. The van der Waals surface area contributed by atoms with Crippen LogP contribution in [0.25, 0.3) is 10.2 Å². The molecule has 5 rings (SSSR count). The second-order valence-electron chi connectivity index (χ2n) is 7.58. The van der Waals surface area contributed by atoms with Crippen molar-refractivity contribution < 1.29 is 9.53 Å². The van der Waals surface area contributed by atoms with E-state index >= 15 is 0 Å². The van der Waals surface area contributed by atoms with Crippen molar-refractivity contribution in [2.45, 2.75) is 25.2 Å². The molecule has 2 aliphatic rings. The molecule has 1 fully saturated rings. The Labute approximate surface area is 173 Å². The van der Waals surface area contributed by atoms with Crippen LogP contribution in [0, 0.1) is 5.92 Å². The predicted octanol–water partition coefficient (Wildman–Crippen LogP) is 4.91. The number of piperidine rings is 1. The van der Waals surface area contributed by atoms with Gasteiger partial charge in [-0.1, -0.05) is 29.8 Å². The molecule has 1 unspecified atom stereocenters. The molecule has 0 bridgehead atoms. The van der Waals surface area contributed by atoms with E-state index in [2.05, 4.69) is 6.07 Å². The summed E-state index contributed by atoms with van der Waals surface area (Å²) in [6, 6.07) is 13.9. The summed E-state index contributed by atoms with van der Waals surface area (Å²) < 4.78 is 6.99. The molecule has 1 atom stereocenters. The molecule has 3 aromatic rings. The number of hydrogen-bond acceptors (Lipinski definition) is 4. The highest BCUT2D eigenvalue weighted by Gasteiger charge is 2.32. The van der Waals surface area contributed by atoms with Crippen molar-refractivity contribution in [2.75, 3.05) is 19.7 Å². The van der Waals surface area contributed by atoms with Crippen LogP contribution in [0.5, 0.6) is 5.75 Å². The summed E-state index contributed by atoms with van der Waals surface area (Å²) in [5.74, 6) is 1.49. The Morgan fingerprint density at radius 3 is 2.86 bits per heavy atom. The van der Waals surface area contributed by atoms with Crippen LogP contribution in [-0.2, 0) is 11.2 Å². The fourth-order valence-electron chi connectivity index (χ4n) is 4.18. The second kappa shape index (κ2) is 7.37. The van der Waals surface area contributed by atoms with E-state index in [1.807, 2.05) is 41.3 Å². The van der Waals surface area contributed by atoms with Crippen molar-refractivity contribution in [3.05, 3.63) is 58.1 Å². The van der Waals surface area contributed by atoms with Crippen molar-refractivity contribution in [2.24, 2.45) is 5.92 Å². The molecule has 144 valence electrons. The van der Waals surface area contributed by atoms with Gasteiger partial charge in [0.2, 0.25) is 5.91 Å². The van der Waals surface area contributed by atoms with Gasteiger partial charge in [0.05, 0.1) is 21.1 Å². The number of halogens is 1. The highest BCUT2D eigenvalue weighted by atomic mass is 35.5. The second-order valence-corrected chi connectivity index (χ2v) is 9.08. The molecule has 2 aromatic carbocycles. The minimum absolute atomic E-state index is 0.0731. The number of fused-ring (bicyclic) bond motifs is 2. The highest BCUT2D eigenvalue weighted by molar-refractivity contribution is 7.18. The number of hydrogen-bond donors (Lipinski definition) is 0. The summed E-state index contributed by atoms with van der Waals surface area (Å²) in [6.07, 6.45) is 2.69. The Morgan fingerprint density at radius 1 is 1.18 bits per heavy atom. The number of thiazole rings is 1. The van der Waals surface area contributed by atoms with Crippen molar-refractivity contribution in [3.8, 4) is 5.75 Å². The van der Waals surface area contributed by atoms with Crippen LogP contribution in [-0.4, -0.2) is 35.5 Å². The van der Waals surface area contributed by atoms with Gasteiger partial charge in [0.25, 0.3) is 0 Å². The number of carbonyl (C=O) groups excluding carboxylic acids is 1. The SMILES string of the molecule is O=C(C1COc2ccccc2C1)N1CCC(c2nc3cc(Cl)ccc3s2)CC1. The Balaban J connectivity index is 1.23. The number of para-hydroxylation sites is 1. The standard InChI is InChI=1S/C22H21ClN2O2S/c23-17-5-6-20-18(12-17)24-21(28-20)14-7-9-25(10-8-14)22(26)16-11-15-3-1-2-4-19(15)27-13-16/h1-6,12,14,16H,7-11,13H2. The van der Waals surface area contributed by atoms with E-state index in [-0.39, 0.29) is 11.8 Å². The summed E-state index contributed by atoms with van der Waals surface area (Å²) in [4.78, 5) is 19.8. The Bertz CT molecular complexity index is 1030. The third kappa shape index (κ3) is 3.38. The Hall–Kier alpha value is -2.11. The lowest BCUT2D eigenvalue weighted by Gasteiger charge is -2.35. The monoisotopic (exact) mass is 412 g/mol. The maximum absolute atomic E-state index is 13.0. The maximum atomic E-state index is 13.0. The van der Waals surface area contributed by atoms with E-state index in [9.17, 15) is 4.79 Å². The third-order valence-corrected chi connectivity index (χ3v) is 7.18. The third-order valence-electron chi connectivity index (χ3n) is 5.75. The van der Waals surface area contributed by atoms with Crippen LogP contribution in [0.15, 0.2) is 42.5 Å². The smallest absolute Gasteiger partial charge is 0.229 e. The van der Waals surface area contributed by atoms with Gasteiger partial charge in [-0.05, 0) is 49.1 Å². The van der Waals surface area contributed by atoms with Gasteiger partial charge in [0, 0.05) is 24.0 Å². The lowest BCUT2D eigenvalue weighted by atomic mass is 9.93. The van der Waals surface area contributed by atoms with Gasteiger partial charge >= 0.3 is 0 Å². The zero-order valence-electron chi connectivity index (χ0n) is 15.4. The number of nitrogens with zero attached hydrogens (tertiary/aromatic N) is 2. The first-order chi connectivity index (χ1) is 13.7. The van der Waals surface area contributed by atoms with Crippen LogP contribution in [0.1, 0.15) is 29.3 Å². The minimum atomic E-state index is -0.0731. The molecule has 0 aliphatic carbocycles. The number of ether oxygens (including phenoxy) is 1. The van der Waals surface area contributed by atoms with E-state index < -0.39 is 0 Å². The largest absolute Gasteiger partial charge is 0.492 e. The van der Waals surface area contributed by atoms with Crippen LogP contribution in [0.4, 0.5) is 0 Å². The Kier molecular flexibility index (Phi) is 4.73. The number of likely N-dealkylation sites (tertiary alicyclic amines) is 1. The number of benzene rings is 2. The van der Waals surface area contributed by atoms with Gasteiger partial charge in [-0.15, -0.1) is 11.3 Å². The topological polar surface area (TPSA) is 42.4 Å². The zero-order chi connectivity index (χ0) is 19.1. The lowest BCUT2D eigenvalue weighted by molar-refractivity contribution is -0.138. The van der Waals surface area contributed by atoms with Crippen LogP contribution in [0.2, 0.25) is 5.02 Å². The molecule has 0 saturated carbocycles. The van der Waals surface area contributed by atoms with E-state index in [0.717, 1.165) is 54.2 Å². The molecule has 0 spiro atoms. The van der Waals surface area contributed by atoms with Crippen molar-refractivity contribution in [3.63, 3.8) is 0 Å². The highest BCUT2D eigenvalue weighted by Crippen LogP contribution is 2.35. The van der Waals surface area contributed by atoms with Crippen LogP contribution >= 0.6 is 22.9 Å². The van der Waals surface area contributed by atoms with Crippen molar-refractivity contribution in [1.29, 1.82) is 0 Å². The van der Waals surface area contributed by atoms with Crippen molar-refractivity contribution in [1.82, 2.24) is 9.88 Å². The fourth-order valence-corrected chi connectivity index (χ4v) is 5.47. The molecule has 6 heteroatoms. The predicted molar refractivity (Wildman–Crippen MR) is 112 cm³/mol. The number of rotatable bonds is 2. The molecule has 1 saturated heterocycles. The molecule has 0 radical (unpaired) electrons. The quantitative estimate of drug-likeness (QED) is 0.600. The molecular formula is C22H21ClN2O2S. The molecule has 1 aromatic heterocycles. The van der Waals surface area contributed by atoms with Gasteiger partial charge in [-0.3, -0.25) is 4.79 Å². The molecule has 2 aliphatic heterocycles. The lowest BCUT2D eigenvalue weighted by Crippen LogP contribution is -2.44. The van der Waals surface area contributed by atoms with Gasteiger partial charge in [-0.25, -0.2) is 4.98 Å². The minimum Gasteiger partial charge on any atom is -0.492 e. The molecular weight excluding hydrogens is 392 g/mol. The molecule has 4 nitrogen and oxygen atoms in total. The summed E-state index contributed by atoms with van der Waals surface area (Å²) in [5, 5.41) is 1.89. The first kappa shape index (κ1) is 18.0. The van der Waals surface area contributed by atoms with Crippen molar-refractivity contribution >= 4 is 39.1 Å². The first-order valence-electron chi connectivity index (χ1n) is 9.73. The average molecular weight is 413 g/mol. The van der Waals surface area contributed by atoms with Gasteiger partial charge in [-0.2, -0.15) is 0 Å². The zero-order valence-corrected chi connectivity index (χ0v) is 17.0.